The molecule has 1 aliphatic carbocycles. The Labute approximate surface area is 120 Å². The molecule has 2 aliphatic rings. The summed E-state index contributed by atoms with van der Waals surface area (Å²) in [6.45, 7) is 0. The number of ether oxygens (including phenoxy) is 1. The van der Waals surface area contributed by atoms with Gasteiger partial charge in [0.15, 0.2) is 0 Å². The van der Waals surface area contributed by atoms with E-state index in [0.717, 1.165) is 17.8 Å². The van der Waals surface area contributed by atoms with Gasteiger partial charge in [-0.15, -0.1) is 0 Å². The number of hydrogen-bond acceptors (Lipinski definition) is 3. The molecule has 0 bridgehead atoms. The summed E-state index contributed by atoms with van der Waals surface area (Å²) in [5, 5.41) is 3.84. The van der Waals surface area contributed by atoms with E-state index in [1.54, 1.807) is 7.11 Å². The minimum atomic E-state index is 0.687. The Kier molecular flexibility index (Phi) is 4.34. The first-order chi connectivity index (χ1) is 9.36. The zero-order valence-corrected chi connectivity index (χ0v) is 12.4. The van der Waals surface area contributed by atoms with E-state index in [0.29, 0.717) is 5.92 Å². The van der Waals surface area contributed by atoms with Crippen molar-refractivity contribution < 1.29 is 4.74 Å². The molecule has 2 nitrogen and oxygen atoms in total. The predicted molar refractivity (Wildman–Crippen MR) is 82.2 cm³/mol. The second-order valence-corrected chi connectivity index (χ2v) is 6.89. The van der Waals surface area contributed by atoms with Crippen LogP contribution in [0.15, 0.2) is 24.3 Å². The molecule has 1 saturated carbocycles. The Morgan fingerprint density at radius 2 is 1.84 bits per heavy atom. The van der Waals surface area contributed by atoms with Crippen LogP contribution in [-0.2, 0) is 0 Å². The molecule has 0 unspecified atom stereocenters. The second kappa shape index (κ2) is 6.19. The van der Waals surface area contributed by atoms with Crippen molar-refractivity contribution in [3.63, 3.8) is 0 Å². The van der Waals surface area contributed by atoms with Crippen molar-refractivity contribution in [3.05, 3.63) is 29.8 Å². The lowest BCUT2D eigenvalue weighted by Gasteiger charge is -2.40. The van der Waals surface area contributed by atoms with E-state index in [2.05, 4.69) is 41.3 Å². The molecule has 1 saturated heterocycles. The van der Waals surface area contributed by atoms with Crippen LogP contribution < -0.4 is 10.1 Å². The van der Waals surface area contributed by atoms with Crippen molar-refractivity contribution >= 4 is 11.8 Å². The third-order valence-corrected chi connectivity index (χ3v) is 5.46. The first-order valence-corrected chi connectivity index (χ1v) is 8.49. The quantitative estimate of drug-likeness (QED) is 0.911. The third kappa shape index (κ3) is 3.09. The van der Waals surface area contributed by atoms with Gasteiger partial charge < -0.3 is 10.1 Å². The van der Waals surface area contributed by atoms with Gasteiger partial charge in [0.05, 0.1) is 7.11 Å². The maximum Gasteiger partial charge on any atom is 0.122 e. The lowest BCUT2D eigenvalue weighted by molar-refractivity contribution is 0.254. The third-order valence-electron chi connectivity index (χ3n) is 4.41. The predicted octanol–water partition coefficient (Wildman–Crippen LogP) is 3.43. The Morgan fingerprint density at radius 3 is 2.58 bits per heavy atom. The van der Waals surface area contributed by atoms with Crippen molar-refractivity contribution in [1.29, 1.82) is 0 Å². The van der Waals surface area contributed by atoms with Crippen LogP contribution in [0.5, 0.6) is 5.75 Å². The summed E-state index contributed by atoms with van der Waals surface area (Å²) in [6, 6.07) is 9.96. The molecule has 104 valence electrons. The van der Waals surface area contributed by atoms with Gasteiger partial charge in [-0.2, -0.15) is 11.8 Å². The standard InChI is InChI=1S/C16H23NOS/c1-18-16-5-3-2-4-15(16)12-10-14(11-12)17-13-6-8-19-9-7-13/h2-5,12-14,17H,6-11H2,1H3. The smallest absolute Gasteiger partial charge is 0.122 e. The molecule has 1 aromatic rings. The largest absolute Gasteiger partial charge is 0.496 e. The first kappa shape index (κ1) is 13.3. The number of para-hydroxylation sites is 1. The highest BCUT2D eigenvalue weighted by atomic mass is 32.2. The van der Waals surface area contributed by atoms with Crippen LogP contribution >= 0.6 is 11.8 Å². The number of thioether (sulfide) groups is 1. The monoisotopic (exact) mass is 277 g/mol. The molecule has 0 amide bonds. The second-order valence-electron chi connectivity index (χ2n) is 5.66. The van der Waals surface area contributed by atoms with E-state index >= 15 is 0 Å². The molecular formula is C16H23NOS. The molecule has 1 N–H and O–H groups in total. The molecule has 0 aromatic heterocycles. The van der Waals surface area contributed by atoms with Gasteiger partial charge in [0.1, 0.15) is 5.75 Å². The maximum atomic E-state index is 5.46. The van der Waals surface area contributed by atoms with Gasteiger partial charge in [-0.05, 0) is 54.7 Å². The van der Waals surface area contributed by atoms with E-state index in [-0.39, 0.29) is 0 Å². The number of benzene rings is 1. The molecule has 19 heavy (non-hydrogen) atoms. The summed E-state index contributed by atoms with van der Waals surface area (Å²) in [4.78, 5) is 0. The lowest BCUT2D eigenvalue weighted by Crippen LogP contribution is -2.46. The average molecular weight is 277 g/mol. The van der Waals surface area contributed by atoms with E-state index in [4.69, 9.17) is 4.74 Å². The zero-order valence-electron chi connectivity index (χ0n) is 11.6. The fraction of sp³-hybridized carbons (Fsp3) is 0.625. The summed E-state index contributed by atoms with van der Waals surface area (Å²) in [6.07, 6.45) is 5.23. The molecule has 0 spiro atoms. The Balaban J connectivity index is 1.51. The van der Waals surface area contributed by atoms with Crippen molar-refractivity contribution in [2.75, 3.05) is 18.6 Å². The Hall–Kier alpha value is -0.670. The first-order valence-electron chi connectivity index (χ1n) is 7.33. The molecule has 1 aliphatic heterocycles. The van der Waals surface area contributed by atoms with Crippen LogP contribution in [-0.4, -0.2) is 30.7 Å². The van der Waals surface area contributed by atoms with Gasteiger partial charge in [-0.3, -0.25) is 0 Å². The fourth-order valence-electron chi connectivity index (χ4n) is 3.21. The van der Waals surface area contributed by atoms with Crippen molar-refractivity contribution in [1.82, 2.24) is 5.32 Å². The van der Waals surface area contributed by atoms with Gasteiger partial charge in [0.25, 0.3) is 0 Å². The van der Waals surface area contributed by atoms with Crippen molar-refractivity contribution in [2.45, 2.75) is 43.7 Å². The van der Waals surface area contributed by atoms with Gasteiger partial charge in [0.2, 0.25) is 0 Å². The number of methoxy groups -OCH3 is 1. The lowest BCUT2D eigenvalue weighted by atomic mass is 9.75. The highest BCUT2D eigenvalue weighted by molar-refractivity contribution is 7.99. The van der Waals surface area contributed by atoms with Crippen LogP contribution in [0.2, 0.25) is 0 Å². The fourth-order valence-corrected chi connectivity index (χ4v) is 4.32. The van der Waals surface area contributed by atoms with Crippen LogP contribution in [0.25, 0.3) is 0 Å². The number of hydrogen-bond donors (Lipinski definition) is 1. The van der Waals surface area contributed by atoms with Crippen molar-refractivity contribution in [2.24, 2.45) is 0 Å². The Morgan fingerprint density at radius 1 is 1.11 bits per heavy atom. The molecule has 0 radical (unpaired) electrons. The van der Waals surface area contributed by atoms with Gasteiger partial charge in [0, 0.05) is 12.1 Å². The highest BCUT2D eigenvalue weighted by Crippen LogP contribution is 2.41. The molecule has 2 fully saturated rings. The average Bonchev–Trinajstić information content (AvgIpc) is 2.43. The number of nitrogens with one attached hydrogen (secondary N) is 1. The van der Waals surface area contributed by atoms with Crippen LogP contribution in [0, 0.1) is 0 Å². The topological polar surface area (TPSA) is 21.3 Å². The minimum absolute atomic E-state index is 0.687. The molecule has 0 atom stereocenters. The molecular weight excluding hydrogens is 254 g/mol. The Bertz CT molecular complexity index is 411. The molecule has 3 heteroatoms. The summed E-state index contributed by atoms with van der Waals surface area (Å²) in [5.74, 6) is 4.41. The summed E-state index contributed by atoms with van der Waals surface area (Å²) >= 11 is 2.10. The minimum Gasteiger partial charge on any atom is -0.496 e. The maximum absolute atomic E-state index is 5.46. The number of rotatable bonds is 4. The van der Waals surface area contributed by atoms with Crippen molar-refractivity contribution in [3.8, 4) is 5.75 Å². The SMILES string of the molecule is COc1ccccc1C1CC(NC2CCSCC2)C1. The zero-order chi connectivity index (χ0) is 13.1. The van der Waals surface area contributed by atoms with E-state index in [9.17, 15) is 0 Å². The van der Waals surface area contributed by atoms with Gasteiger partial charge in [-0.1, -0.05) is 18.2 Å². The summed E-state index contributed by atoms with van der Waals surface area (Å²) < 4.78 is 5.46. The normalized spacial score (nSPS) is 27.8. The summed E-state index contributed by atoms with van der Waals surface area (Å²) in [7, 11) is 1.77. The summed E-state index contributed by atoms with van der Waals surface area (Å²) in [5.41, 5.74) is 1.39. The van der Waals surface area contributed by atoms with E-state index in [1.807, 2.05) is 0 Å². The molecule has 3 rings (SSSR count). The molecule has 1 heterocycles. The van der Waals surface area contributed by atoms with Crippen LogP contribution in [0.4, 0.5) is 0 Å². The van der Waals surface area contributed by atoms with Crippen LogP contribution in [0.1, 0.15) is 37.2 Å². The van der Waals surface area contributed by atoms with E-state index in [1.165, 1.54) is 42.8 Å². The molecule has 1 aromatic carbocycles. The highest BCUT2D eigenvalue weighted by Gasteiger charge is 2.33. The van der Waals surface area contributed by atoms with Crippen LogP contribution in [0.3, 0.4) is 0 Å². The van der Waals surface area contributed by atoms with Gasteiger partial charge >= 0.3 is 0 Å². The van der Waals surface area contributed by atoms with E-state index < -0.39 is 0 Å². The van der Waals surface area contributed by atoms with Gasteiger partial charge in [-0.25, -0.2) is 0 Å².